The Morgan fingerprint density at radius 3 is 2.88 bits per heavy atom. The summed E-state index contributed by atoms with van der Waals surface area (Å²) < 4.78 is 0. The Morgan fingerprint density at radius 1 is 1.27 bits per heavy atom. The fraction of sp³-hybridized carbons (Fsp3) is 0.536. The Hall–Kier alpha value is -2.69. The maximum atomic E-state index is 13.5. The zero-order chi connectivity index (χ0) is 23.2. The highest BCUT2D eigenvalue weighted by atomic mass is 16.3. The number of hydrogen-bond acceptors (Lipinski definition) is 4. The van der Waals surface area contributed by atoms with E-state index >= 15 is 0 Å². The van der Waals surface area contributed by atoms with E-state index in [4.69, 9.17) is 0 Å². The van der Waals surface area contributed by atoms with Gasteiger partial charge in [0, 0.05) is 24.0 Å². The van der Waals surface area contributed by atoms with E-state index in [0.717, 1.165) is 49.8 Å². The van der Waals surface area contributed by atoms with Crippen LogP contribution in [0.1, 0.15) is 74.3 Å². The molecule has 5 atom stereocenters. The van der Waals surface area contributed by atoms with Crippen molar-refractivity contribution < 1.29 is 14.7 Å². The maximum absolute atomic E-state index is 13.5. The fourth-order valence-electron chi connectivity index (χ4n) is 7.04. The van der Waals surface area contributed by atoms with Gasteiger partial charge >= 0.3 is 0 Å². The van der Waals surface area contributed by atoms with Gasteiger partial charge in [-0.15, -0.1) is 0 Å². The van der Waals surface area contributed by atoms with Crippen molar-refractivity contribution in [2.45, 2.75) is 71.3 Å². The van der Waals surface area contributed by atoms with Gasteiger partial charge in [-0.25, -0.2) is 0 Å². The molecule has 2 saturated carbocycles. The molecule has 1 heterocycles. The molecule has 5 rings (SSSR count). The molecule has 3 aliphatic carbocycles. The molecule has 0 radical (unpaired) electrons. The minimum atomic E-state index is -0.310. The molecular weight excluding hydrogens is 412 g/mol. The Bertz CT molecular complexity index is 1070. The number of aryl methyl sites for hydroxylation is 2. The lowest BCUT2D eigenvalue weighted by Crippen LogP contribution is -2.42. The van der Waals surface area contributed by atoms with Gasteiger partial charge in [0.2, 0.25) is 5.91 Å². The molecular formula is C28H34N2O3. The Kier molecular flexibility index (Phi) is 5.75. The van der Waals surface area contributed by atoms with Gasteiger partial charge in [0.25, 0.3) is 0 Å². The van der Waals surface area contributed by atoms with E-state index < -0.39 is 0 Å². The summed E-state index contributed by atoms with van der Waals surface area (Å²) in [7, 11) is 0. The van der Waals surface area contributed by atoms with Crippen molar-refractivity contribution >= 4 is 11.7 Å². The number of phenolic OH excluding ortho intramolecular Hbond substituents is 1. The van der Waals surface area contributed by atoms with Gasteiger partial charge in [-0.1, -0.05) is 26.0 Å². The van der Waals surface area contributed by atoms with Gasteiger partial charge < -0.3 is 10.4 Å². The average Bonchev–Trinajstić information content (AvgIpc) is 3.08. The fourth-order valence-corrected chi connectivity index (χ4v) is 7.04. The number of pyridine rings is 1. The van der Waals surface area contributed by atoms with Crippen LogP contribution in [0.2, 0.25) is 0 Å². The molecule has 0 bridgehead atoms. The smallest absolute Gasteiger partial charge is 0.221 e. The van der Waals surface area contributed by atoms with E-state index in [9.17, 15) is 14.7 Å². The Morgan fingerprint density at radius 2 is 2.12 bits per heavy atom. The SMILES string of the molecule is CCc1cc2c(cc1O)CCC1C2CC[C@]2(C)C(=O)C(CC(=O)NCc3ccccn3)CC12. The summed E-state index contributed by atoms with van der Waals surface area (Å²) in [4.78, 5) is 30.4. The van der Waals surface area contributed by atoms with Crippen LogP contribution in [0.5, 0.6) is 5.75 Å². The second-order valence-electron chi connectivity index (χ2n) is 10.5. The summed E-state index contributed by atoms with van der Waals surface area (Å²) in [6.07, 6.45) is 7.58. The van der Waals surface area contributed by atoms with E-state index in [1.165, 1.54) is 11.1 Å². The summed E-state index contributed by atoms with van der Waals surface area (Å²) in [6.45, 7) is 4.64. The maximum Gasteiger partial charge on any atom is 0.221 e. The third-order valence-corrected chi connectivity index (χ3v) is 8.79. The molecule has 1 aromatic carbocycles. The number of ketones is 1. The van der Waals surface area contributed by atoms with Gasteiger partial charge in [0.15, 0.2) is 0 Å². The average molecular weight is 447 g/mol. The van der Waals surface area contributed by atoms with Gasteiger partial charge in [0.05, 0.1) is 12.2 Å². The standard InChI is InChI=1S/C28H34N2O3/c1-3-17-12-23-18(14-25(17)31)7-8-22-21(23)9-10-28(2)24(22)13-19(27(28)33)15-26(32)30-16-20-6-4-5-11-29-20/h4-6,11-12,14,19,21-22,24,31H,3,7-10,13,15-16H2,1-2H3,(H,30,32)/t19?,21?,22?,24?,28-/m0/s1. The third kappa shape index (κ3) is 3.85. The highest BCUT2D eigenvalue weighted by molar-refractivity contribution is 5.93. The van der Waals surface area contributed by atoms with Crippen LogP contribution in [0.3, 0.4) is 0 Å². The number of nitrogens with zero attached hydrogens (tertiary/aromatic N) is 1. The van der Waals surface area contributed by atoms with Crippen molar-refractivity contribution in [3.63, 3.8) is 0 Å². The first-order chi connectivity index (χ1) is 15.9. The number of carbonyl (C=O) groups is 2. The third-order valence-electron chi connectivity index (χ3n) is 8.79. The molecule has 0 spiro atoms. The summed E-state index contributed by atoms with van der Waals surface area (Å²) in [5.41, 5.74) is 4.21. The number of aromatic nitrogens is 1. The zero-order valence-corrected chi connectivity index (χ0v) is 19.6. The van der Waals surface area contributed by atoms with Crippen LogP contribution in [0.15, 0.2) is 36.5 Å². The van der Waals surface area contributed by atoms with Crippen LogP contribution in [-0.2, 0) is 29.0 Å². The molecule has 2 fully saturated rings. The number of aromatic hydroxyl groups is 1. The first-order valence-corrected chi connectivity index (χ1v) is 12.5. The summed E-state index contributed by atoms with van der Waals surface area (Å²) in [5, 5.41) is 13.3. The van der Waals surface area contributed by atoms with E-state index in [2.05, 4.69) is 30.2 Å². The molecule has 33 heavy (non-hydrogen) atoms. The normalized spacial score (nSPS) is 30.3. The van der Waals surface area contributed by atoms with Gasteiger partial charge in [-0.3, -0.25) is 14.6 Å². The predicted octanol–water partition coefficient (Wildman–Crippen LogP) is 4.71. The molecule has 174 valence electrons. The Labute approximate surface area is 196 Å². The molecule has 4 unspecified atom stereocenters. The minimum absolute atomic E-state index is 0.0603. The lowest BCUT2D eigenvalue weighted by Gasteiger charge is -2.48. The predicted molar refractivity (Wildman–Crippen MR) is 127 cm³/mol. The molecule has 3 aliphatic rings. The van der Waals surface area contributed by atoms with Crippen LogP contribution in [0, 0.1) is 23.2 Å². The number of amides is 1. The topological polar surface area (TPSA) is 79.3 Å². The number of fused-ring (bicyclic) bond motifs is 5. The van der Waals surface area contributed by atoms with Crippen molar-refractivity contribution in [2.75, 3.05) is 0 Å². The van der Waals surface area contributed by atoms with Gasteiger partial charge in [-0.05, 0) is 91.2 Å². The summed E-state index contributed by atoms with van der Waals surface area (Å²) >= 11 is 0. The second kappa shape index (κ2) is 8.58. The highest BCUT2D eigenvalue weighted by Gasteiger charge is 2.58. The summed E-state index contributed by atoms with van der Waals surface area (Å²) in [5.74, 6) is 1.75. The number of Topliss-reactive ketones (excluding diaryl/α,β-unsaturated/α-hetero) is 1. The molecule has 0 aliphatic heterocycles. The molecule has 5 heteroatoms. The van der Waals surface area contributed by atoms with Crippen LogP contribution >= 0.6 is 0 Å². The van der Waals surface area contributed by atoms with Crippen LogP contribution in [0.4, 0.5) is 0 Å². The van der Waals surface area contributed by atoms with E-state index in [1.807, 2.05) is 24.3 Å². The molecule has 1 amide bonds. The second-order valence-corrected chi connectivity index (χ2v) is 10.5. The summed E-state index contributed by atoms with van der Waals surface area (Å²) in [6, 6.07) is 9.86. The number of nitrogens with one attached hydrogen (secondary N) is 1. The largest absolute Gasteiger partial charge is 0.508 e. The van der Waals surface area contributed by atoms with E-state index in [-0.39, 0.29) is 23.7 Å². The quantitative estimate of drug-likeness (QED) is 0.697. The molecule has 5 nitrogen and oxygen atoms in total. The minimum Gasteiger partial charge on any atom is -0.508 e. The molecule has 2 N–H and O–H groups in total. The zero-order valence-electron chi connectivity index (χ0n) is 19.6. The highest BCUT2D eigenvalue weighted by Crippen LogP contribution is 2.61. The van der Waals surface area contributed by atoms with Crippen molar-refractivity contribution in [3.8, 4) is 5.75 Å². The molecule has 0 saturated heterocycles. The van der Waals surface area contributed by atoms with Crippen molar-refractivity contribution in [2.24, 2.45) is 23.2 Å². The van der Waals surface area contributed by atoms with Crippen molar-refractivity contribution in [3.05, 3.63) is 58.9 Å². The van der Waals surface area contributed by atoms with E-state index in [0.29, 0.717) is 35.8 Å². The monoisotopic (exact) mass is 446 g/mol. The number of phenols is 1. The lowest BCUT2D eigenvalue weighted by molar-refractivity contribution is -0.134. The number of hydrogen-bond donors (Lipinski definition) is 2. The number of rotatable bonds is 5. The van der Waals surface area contributed by atoms with Gasteiger partial charge in [-0.2, -0.15) is 0 Å². The van der Waals surface area contributed by atoms with Crippen molar-refractivity contribution in [1.29, 1.82) is 0 Å². The molecule has 1 aromatic heterocycles. The first kappa shape index (κ1) is 22.1. The van der Waals surface area contributed by atoms with E-state index in [1.54, 1.807) is 6.20 Å². The lowest BCUT2D eigenvalue weighted by atomic mass is 9.55. The van der Waals surface area contributed by atoms with Crippen LogP contribution < -0.4 is 5.32 Å². The first-order valence-electron chi connectivity index (χ1n) is 12.5. The molecule has 2 aromatic rings. The van der Waals surface area contributed by atoms with Crippen LogP contribution in [-0.4, -0.2) is 21.8 Å². The van der Waals surface area contributed by atoms with Gasteiger partial charge in [0.1, 0.15) is 11.5 Å². The number of benzene rings is 1. The van der Waals surface area contributed by atoms with Crippen molar-refractivity contribution in [1.82, 2.24) is 10.3 Å². The number of carbonyl (C=O) groups excluding carboxylic acids is 2. The van der Waals surface area contributed by atoms with Crippen LogP contribution in [0.25, 0.3) is 0 Å². The Balaban J connectivity index is 1.31.